The molecule has 0 atom stereocenters. The standard InChI is InChI=1S/C16H11N5OS/c1-20-11-5-3-4-6-12(11)21-14(20)9(7-17)13-10(15(21)22)8-18-16(19-13)23-2/h3-6,8H,1-2H3. The maximum Gasteiger partial charge on any atom is 0.267 e. The van der Waals surface area contributed by atoms with E-state index in [0.717, 1.165) is 11.0 Å². The molecule has 0 bridgehead atoms. The Balaban J connectivity index is 2.40. The maximum absolute atomic E-state index is 12.9. The van der Waals surface area contributed by atoms with E-state index in [1.165, 1.54) is 18.0 Å². The van der Waals surface area contributed by atoms with Crippen LogP contribution in [0.2, 0.25) is 0 Å². The third kappa shape index (κ3) is 1.72. The summed E-state index contributed by atoms with van der Waals surface area (Å²) in [6.07, 6.45) is 3.36. The first-order valence-corrected chi connectivity index (χ1v) is 8.13. The number of para-hydroxylation sites is 2. The number of rotatable bonds is 1. The number of thioether (sulfide) groups is 1. The van der Waals surface area contributed by atoms with Crippen LogP contribution in [0.1, 0.15) is 5.56 Å². The lowest BCUT2D eigenvalue weighted by molar-refractivity contribution is 0.963. The maximum atomic E-state index is 12.9. The average Bonchev–Trinajstić information content (AvgIpc) is 2.89. The van der Waals surface area contributed by atoms with Crippen LogP contribution in [0, 0.1) is 11.3 Å². The fourth-order valence-corrected chi connectivity index (χ4v) is 3.28. The summed E-state index contributed by atoms with van der Waals surface area (Å²) in [6, 6.07) is 9.78. The Morgan fingerprint density at radius 1 is 1.26 bits per heavy atom. The van der Waals surface area contributed by atoms with Crippen molar-refractivity contribution in [2.45, 2.75) is 5.16 Å². The first-order chi connectivity index (χ1) is 11.2. The molecule has 0 aliphatic rings. The van der Waals surface area contributed by atoms with Crippen molar-refractivity contribution in [2.75, 3.05) is 6.26 Å². The van der Waals surface area contributed by atoms with Crippen LogP contribution in [0.15, 0.2) is 40.4 Å². The van der Waals surface area contributed by atoms with Gasteiger partial charge in [0.2, 0.25) is 0 Å². The van der Waals surface area contributed by atoms with E-state index in [9.17, 15) is 10.1 Å². The predicted molar refractivity (Wildman–Crippen MR) is 89.7 cm³/mol. The SMILES string of the molecule is CSc1ncc2c(=O)n3c4ccccc4n(C)c3c(C#N)c2n1. The van der Waals surface area contributed by atoms with Gasteiger partial charge in [-0.2, -0.15) is 5.26 Å². The Kier molecular flexibility index (Phi) is 2.89. The molecular formula is C16H11N5OS. The summed E-state index contributed by atoms with van der Waals surface area (Å²) < 4.78 is 3.42. The second kappa shape index (κ2) is 4.83. The molecule has 0 unspecified atom stereocenters. The Hall–Kier alpha value is -2.85. The van der Waals surface area contributed by atoms with Gasteiger partial charge in [-0.1, -0.05) is 23.9 Å². The molecule has 0 fully saturated rings. The van der Waals surface area contributed by atoms with Crippen LogP contribution in [-0.2, 0) is 7.05 Å². The Morgan fingerprint density at radius 2 is 2.00 bits per heavy atom. The number of nitriles is 1. The van der Waals surface area contributed by atoms with Gasteiger partial charge in [-0.25, -0.2) is 9.97 Å². The molecule has 6 nitrogen and oxygen atoms in total. The third-order valence-corrected chi connectivity index (χ3v) is 4.53. The summed E-state index contributed by atoms with van der Waals surface area (Å²) >= 11 is 1.38. The van der Waals surface area contributed by atoms with Crippen molar-refractivity contribution in [1.29, 1.82) is 5.26 Å². The number of imidazole rings is 1. The summed E-state index contributed by atoms with van der Waals surface area (Å²) in [5, 5.41) is 10.6. The zero-order chi connectivity index (χ0) is 16.1. The molecule has 1 aromatic carbocycles. The highest BCUT2D eigenvalue weighted by Crippen LogP contribution is 2.25. The van der Waals surface area contributed by atoms with E-state index in [1.54, 1.807) is 4.40 Å². The molecule has 0 saturated heterocycles. The van der Waals surface area contributed by atoms with Crippen LogP contribution in [0.25, 0.3) is 27.6 Å². The topological polar surface area (TPSA) is 76.0 Å². The molecule has 23 heavy (non-hydrogen) atoms. The normalized spacial score (nSPS) is 11.3. The fraction of sp³-hybridized carbons (Fsp3) is 0.125. The lowest BCUT2D eigenvalue weighted by Crippen LogP contribution is -2.16. The molecular weight excluding hydrogens is 310 g/mol. The van der Waals surface area contributed by atoms with Gasteiger partial charge in [0.15, 0.2) is 5.16 Å². The van der Waals surface area contributed by atoms with Gasteiger partial charge in [-0.15, -0.1) is 0 Å². The lowest BCUT2D eigenvalue weighted by atomic mass is 10.2. The second-order valence-electron chi connectivity index (χ2n) is 5.12. The van der Waals surface area contributed by atoms with Crippen LogP contribution >= 0.6 is 11.8 Å². The molecule has 3 aromatic heterocycles. The molecule has 0 N–H and O–H groups in total. The van der Waals surface area contributed by atoms with Crippen molar-refractivity contribution < 1.29 is 0 Å². The average molecular weight is 321 g/mol. The molecule has 0 radical (unpaired) electrons. The monoisotopic (exact) mass is 321 g/mol. The predicted octanol–water partition coefficient (Wildman–Crippen LogP) is 2.33. The van der Waals surface area contributed by atoms with Gasteiger partial charge in [0, 0.05) is 13.2 Å². The molecule has 4 rings (SSSR count). The first kappa shape index (κ1) is 13.8. The number of aryl methyl sites for hydroxylation is 1. The van der Waals surface area contributed by atoms with E-state index >= 15 is 0 Å². The molecule has 0 aliphatic heterocycles. The van der Waals surface area contributed by atoms with E-state index < -0.39 is 0 Å². The largest absolute Gasteiger partial charge is 0.328 e. The number of hydrogen-bond acceptors (Lipinski definition) is 5. The van der Waals surface area contributed by atoms with Crippen molar-refractivity contribution >= 4 is 39.3 Å². The van der Waals surface area contributed by atoms with Crippen LogP contribution < -0.4 is 5.56 Å². The van der Waals surface area contributed by atoms with Gasteiger partial charge in [-0.3, -0.25) is 9.20 Å². The van der Waals surface area contributed by atoms with Crippen LogP contribution in [-0.4, -0.2) is 25.2 Å². The molecule has 4 aromatic rings. The number of nitrogens with zero attached hydrogens (tertiary/aromatic N) is 5. The number of hydrogen-bond donors (Lipinski definition) is 0. The zero-order valence-electron chi connectivity index (χ0n) is 12.4. The quantitative estimate of drug-likeness (QED) is 0.397. The second-order valence-corrected chi connectivity index (χ2v) is 5.89. The Labute approximate surface area is 135 Å². The van der Waals surface area contributed by atoms with Gasteiger partial charge >= 0.3 is 0 Å². The van der Waals surface area contributed by atoms with E-state index in [-0.39, 0.29) is 5.56 Å². The van der Waals surface area contributed by atoms with Crippen LogP contribution in [0.3, 0.4) is 0 Å². The highest BCUT2D eigenvalue weighted by atomic mass is 32.2. The summed E-state index contributed by atoms with van der Waals surface area (Å²) in [5.74, 6) is 0. The summed E-state index contributed by atoms with van der Waals surface area (Å²) in [5.41, 5.74) is 2.78. The lowest BCUT2D eigenvalue weighted by Gasteiger charge is -2.05. The number of fused-ring (bicyclic) bond motifs is 4. The van der Waals surface area contributed by atoms with Crippen molar-refractivity contribution in [2.24, 2.45) is 7.05 Å². The third-order valence-electron chi connectivity index (χ3n) is 3.97. The minimum absolute atomic E-state index is 0.210. The van der Waals surface area contributed by atoms with Crippen molar-refractivity contribution in [3.63, 3.8) is 0 Å². The molecule has 0 spiro atoms. The Bertz CT molecular complexity index is 1200. The van der Waals surface area contributed by atoms with Crippen LogP contribution in [0.5, 0.6) is 0 Å². The van der Waals surface area contributed by atoms with E-state index in [0.29, 0.717) is 27.3 Å². The zero-order valence-corrected chi connectivity index (χ0v) is 13.3. The van der Waals surface area contributed by atoms with E-state index in [2.05, 4.69) is 16.0 Å². The van der Waals surface area contributed by atoms with Crippen LogP contribution in [0.4, 0.5) is 0 Å². The summed E-state index contributed by atoms with van der Waals surface area (Å²) in [4.78, 5) is 21.5. The van der Waals surface area contributed by atoms with Gasteiger partial charge in [0.25, 0.3) is 5.56 Å². The van der Waals surface area contributed by atoms with Gasteiger partial charge in [0.05, 0.1) is 16.4 Å². The molecule has 0 aliphatic carbocycles. The van der Waals surface area contributed by atoms with Gasteiger partial charge < -0.3 is 4.57 Å². The van der Waals surface area contributed by atoms with Gasteiger partial charge in [0.1, 0.15) is 22.8 Å². The molecule has 112 valence electrons. The van der Waals surface area contributed by atoms with E-state index in [1.807, 2.05) is 42.1 Å². The highest BCUT2D eigenvalue weighted by Gasteiger charge is 2.19. The minimum atomic E-state index is -0.210. The minimum Gasteiger partial charge on any atom is -0.328 e. The highest BCUT2D eigenvalue weighted by molar-refractivity contribution is 7.98. The molecule has 0 amide bonds. The van der Waals surface area contributed by atoms with Gasteiger partial charge in [-0.05, 0) is 18.4 Å². The fourth-order valence-electron chi connectivity index (χ4n) is 2.94. The number of aromatic nitrogens is 4. The van der Waals surface area contributed by atoms with Crippen molar-refractivity contribution in [3.05, 3.63) is 46.4 Å². The smallest absolute Gasteiger partial charge is 0.267 e. The molecule has 7 heteroatoms. The van der Waals surface area contributed by atoms with Crippen molar-refractivity contribution in [3.8, 4) is 6.07 Å². The van der Waals surface area contributed by atoms with E-state index in [4.69, 9.17) is 0 Å². The first-order valence-electron chi connectivity index (χ1n) is 6.90. The van der Waals surface area contributed by atoms with Crippen molar-refractivity contribution in [1.82, 2.24) is 18.9 Å². The molecule has 0 saturated carbocycles. The number of benzene rings is 1. The Morgan fingerprint density at radius 3 is 2.70 bits per heavy atom. The number of pyridine rings is 1. The summed E-state index contributed by atoms with van der Waals surface area (Å²) in [6.45, 7) is 0. The summed E-state index contributed by atoms with van der Waals surface area (Å²) in [7, 11) is 1.85. The molecule has 3 heterocycles.